The minimum Gasteiger partial charge on any atom is -0.488 e. The summed E-state index contributed by atoms with van der Waals surface area (Å²) in [7, 11) is 0. The zero-order valence-electron chi connectivity index (χ0n) is 42.9. The number of rotatable bonds is 27. The molecule has 0 spiro atoms. The lowest BCUT2D eigenvalue weighted by atomic mass is 9.90. The summed E-state index contributed by atoms with van der Waals surface area (Å²) in [5.41, 5.74) is -1.10. The molecule has 79 heavy (non-hydrogen) atoms. The molecule has 1 heterocycles. The number of halogens is 3. The first-order valence-electron chi connectivity index (χ1n) is 23.0. The number of aryl methyl sites for hydroxylation is 1. The number of nitrogens with zero attached hydrogens (tertiary/aromatic N) is 2. The molecule has 0 saturated heterocycles. The lowest BCUT2D eigenvalue weighted by molar-refractivity contribution is -0.167. The second-order valence-corrected chi connectivity index (χ2v) is 16.2. The predicted molar refractivity (Wildman–Crippen MR) is 259 cm³/mol. The van der Waals surface area contributed by atoms with E-state index in [2.05, 4.69) is 9.47 Å². The minimum absolute atomic E-state index is 0.0288. The summed E-state index contributed by atoms with van der Waals surface area (Å²) in [4.78, 5) is 124. The van der Waals surface area contributed by atoms with Crippen LogP contribution in [0.2, 0.25) is 0 Å². The van der Waals surface area contributed by atoms with Gasteiger partial charge in [-0.2, -0.15) is 0 Å². The van der Waals surface area contributed by atoms with Crippen molar-refractivity contribution in [3.05, 3.63) is 87.8 Å². The van der Waals surface area contributed by atoms with E-state index in [1.54, 1.807) is 0 Å². The van der Waals surface area contributed by atoms with Gasteiger partial charge in [0.05, 0.1) is 11.4 Å². The Morgan fingerprint density at radius 2 is 0.924 bits per heavy atom. The maximum Gasteiger partial charge on any atom is 0.328 e. The zero-order chi connectivity index (χ0) is 57.9. The van der Waals surface area contributed by atoms with Crippen molar-refractivity contribution in [3.8, 4) is 39.7 Å². The first kappa shape index (κ1) is 60.2. The molecule has 25 nitrogen and oxygen atoms in total. The van der Waals surface area contributed by atoms with Crippen molar-refractivity contribution < 1.29 is 118 Å². The highest BCUT2D eigenvalue weighted by Gasteiger charge is 2.28. The summed E-state index contributed by atoms with van der Waals surface area (Å²) in [6, 6.07) is 9.42. The van der Waals surface area contributed by atoms with Crippen molar-refractivity contribution in [2.75, 3.05) is 83.2 Å². The van der Waals surface area contributed by atoms with Crippen LogP contribution in [0, 0.1) is 24.4 Å². The molecule has 0 radical (unpaired) electrons. The summed E-state index contributed by atoms with van der Waals surface area (Å²) in [5.74, 6) is -12.5. The number of carbonyl (C=O) groups is 9. The summed E-state index contributed by atoms with van der Waals surface area (Å²) in [6.45, 7) is -1.34. The highest BCUT2D eigenvalue weighted by molar-refractivity contribution is 6.03. The fraction of sp³-hybridized carbons (Fsp3) is 0.333. The summed E-state index contributed by atoms with van der Waals surface area (Å²) in [6.07, 6.45) is 0. The van der Waals surface area contributed by atoms with Crippen molar-refractivity contribution in [3.63, 3.8) is 0 Å². The second kappa shape index (κ2) is 28.5. The molecule has 0 saturated carbocycles. The number of benzene rings is 4. The Hall–Kier alpha value is -9.63. The van der Waals surface area contributed by atoms with Crippen molar-refractivity contribution in [1.82, 2.24) is 0 Å². The van der Waals surface area contributed by atoms with Gasteiger partial charge in [0.1, 0.15) is 68.1 Å². The van der Waals surface area contributed by atoms with Gasteiger partial charge < -0.3 is 71.1 Å². The van der Waals surface area contributed by atoms with Crippen LogP contribution < -0.4 is 29.4 Å². The van der Waals surface area contributed by atoms with Gasteiger partial charge in [-0.25, -0.2) is 13.2 Å². The normalized spacial score (nSPS) is 10.6. The molecule has 2 aliphatic rings. The smallest absolute Gasteiger partial charge is 0.328 e. The third kappa shape index (κ3) is 18.3. The van der Waals surface area contributed by atoms with Crippen molar-refractivity contribution >= 4 is 76.1 Å². The van der Waals surface area contributed by atoms with Crippen LogP contribution in [0.1, 0.15) is 40.2 Å². The van der Waals surface area contributed by atoms with Crippen molar-refractivity contribution in [1.29, 1.82) is 0 Å². The van der Waals surface area contributed by atoms with E-state index in [1.165, 1.54) is 19.1 Å². The van der Waals surface area contributed by atoms with E-state index in [0.717, 1.165) is 86.9 Å². The Bertz CT molecular complexity index is 3080. The SMILES string of the molecule is CC(=O)OCOC(=O)CN(CC(=O)OCOC(C)=O)c1ccc(F)cc1OCCOc1cc(-c2c3cc(F)c(=O)cc-3oc3cc(OCOC(C)=O)c(F)cc23)c(C)cc1N(CC(=O)OCOC(C)=O)CC(=O)OCOC(C)=O. The molecule has 1 aliphatic heterocycles. The van der Waals surface area contributed by atoms with Crippen molar-refractivity contribution in [2.24, 2.45) is 0 Å². The number of esters is 9. The first-order valence-corrected chi connectivity index (χ1v) is 23.0. The molecule has 0 N–H and O–H groups in total. The summed E-state index contributed by atoms with van der Waals surface area (Å²) in [5, 5.41) is -0.0401. The molecule has 0 aromatic heterocycles. The van der Waals surface area contributed by atoms with E-state index in [1.807, 2.05) is 0 Å². The number of hydrogen-bond acceptors (Lipinski definition) is 25. The third-order valence-corrected chi connectivity index (χ3v) is 10.3. The Morgan fingerprint density at radius 1 is 0.468 bits per heavy atom. The van der Waals surface area contributed by atoms with Gasteiger partial charge in [-0.3, -0.25) is 47.9 Å². The maximum absolute atomic E-state index is 15.9. The standard InChI is InChI=1S/C51H49F3N2O23/c1-27-11-40(56(20-49(65)77-25-72-31(5)60)21-50(66)78-26-73-32(6)61)46(15-34(27)51-35-13-37(53)41(62)16-42(35)79-43-17-44(38(54)14-36(43)51)74-22-69-28(2)57)68-10-9-67-45-12-33(52)7-8-39(45)55(18-47(63)75-23-70-29(3)58)19-48(64)76-24-71-30(4)59/h7-8,11-17H,9-10,18-26H2,1-6H3. The second-order valence-electron chi connectivity index (χ2n) is 16.2. The van der Waals surface area contributed by atoms with Crippen LogP contribution in [0.5, 0.6) is 17.2 Å². The van der Waals surface area contributed by atoms with Crippen LogP contribution in [0.15, 0.2) is 63.8 Å². The molecule has 0 atom stereocenters. The van der Waals surface area contributed by atoms with E-state index in [9.17, 15) is 52.3 Å². The molecule has 1 aliphatic carbocycles. The van der Waals surface area contributed by atoms with Gasteiger partial charge in [0, 0.05) is 69.3 Å². The molecule has 3 aromatic carbocycles. The molecule has 422 valence electrons. The highest BCUT2D eigenvalue weighted by atomic mass is 19.1. The fourth-order valence-corrected chi connectivity index (χ4v) is 6.91. The number of hydrogen-bond donors (Lipinski definition) is 0. The van der Waals surface area contributed by atoms with E-state index < -0.39 is 156 Å². The Labute approximate surface area is 445 Å². The molecule has 28 heteroatoms. The fourth-order valence-electron chi connectivity index (χ4n) is 6.91. The van der Waals surface area contributed by atoms with Crippen LogP contribution in [-0.2, 0) is 85.8 Å². The van der Waals surface area contributed by atoms with Gasteiger partial charge in [-0.05, 0) is 54.4 Å². The molecule has 0 amide bonds. The maximum atomic E-state index is 15.9. The van der Waals surface area contributed by atoms with E-state index in [-0.39, 0.29) is 61.9 Å². The average Bonchev–Trinajstić information content (AvgIpc) is 3.57. The highest BCUT2D eigenvalue weighted by Crippen LogP contribution is 2.46. The Balaban J connectivity index is 1.63. The van der Waals surface area contributed by atoms with Crippen LogP contribution in [-0.4, -0.2) is 127 Å². The summed E-state index contributed by atoms with van der Waals surface area (Å²) >= 11 is 0. The lowest BCUT2D eigenvalue weighted by Gasteiger charge is -2.27. The molecule has 0 unspecified atom stereocenters. The molecule has 3 aromatic rings. The van der Waals surface area contributed by atoms with E-state index >= 15 is 8.78 Å². The van der Waals surface area contributed by atoms with Gasteiger partial charge in [0.15, 0.2) is 17.4 Å². The molecular formula is C51H49F3N2O23. The van der Waals surface area contributed by atoms with Gasteiger partial charge in [-0.15, -0.1) is 0 Å². The molecular weight excluding hydrogens is 1070 g/mol. The first-order chi connectivity index (χ1) is 37.5. The van der Waals surface area contributed by atoms with E-state index in [0.29, 0.717) is 0 Å². The van der Waals surface area contributed by atoms with Gasteiger partial charge in [0.2, 0.25) is 39.4 Å². The summed E-state index contributed by atoms with van der Waals surface area (Å²) < 4.78 is 113. The number of anilines is 2. The topological polar surface area (TPSA) is 301 Å². The third-order valence-electron chi connectivity index (χ3n) is 10.3. The minimum atomic E-state index is -1.23. The quantitative estimate of drug-likeness (QED) is 0.0229. The lowest BCUT2D eigenvalue weighted by Crippen LogP contribution is -2.37. The van der Waals surface area contributed by atoms with Gasteiger partial charge in [0.25, 0.3) is 0 Å². The van der Waals surface area contributed by atoms with Crippen molar-refractivity contribution in [2.45, 2.75) is 41.5 Å². The monoisotopic (exact) mass is 1110 g/mol. The number of fused-ring (bicyclic) bond motifs is 2. The Kier molecular flexibility index (Phi) is 21.7. The van der Waals surface area contributed by atoms with E-state index in [4.69, 9.17) is 51.8 Å². The predicted octanol–water partition coefficient (Wildman–Crippen LogP) is 4.52. The van der Waals surface area contributed by atoms with Crippen LogP contribution >= 0.6 is 0 Å². The van der Waals surface area contributed by atoms with Crippen LogP contribution in [0.4, 0.5) is 24.5 Å². The number of carbonyl (C=O) groups excluding carboxylic acids is 9. The number of ether oxygens (including phenoxy) is 12. The van der Waals surface area contributed by atoms with Crippen LogP contribution in [0.25, 0.3) is 33.4 Å². The largest absolute Gasteiger partial charge is 0.488 e. The Morgan fingerprint density at radius 3 is 1.41 bits per heavy atom. The molecule has 0 fully saturated rings. The molecule has 5 rings (SSSR count). The zero-order valence-corrected chi connectivity index (χ0v) is 42.9. The molecule has 0 bridgehead atoms. The van der Waals surface area contributed by atoms with Gasteiger partial charge in [-0.1, -0.05) is 0 Å². The average molecular weight is 1110 g/mol. The van der Waals surface area contributed by atoms with Gasteiger partial charge >= 0.3 is 53.7 Å². The van der Waals surface area contributed by atoms with Crippen LogP contribution in [0.3, 0.4) is 0 Å².